The second-order valence-electron chi connectivity index (χ2n) is 6.30. The topological polar surface area (TPSA) is 46.6 Å². The minimum atomic E-state index is -0.585. The molecule has 20 heavy (non-hydrogen) atoms. The van der Waals surface area contributed by atoms with Crippen LogP contribution >= 0.6 is 0 Å². The molecule has 1 saturated heterocycles. The largest absolute Gasteiger partial charge is 0.443 e. The van der Waals surface area contributed by atoms with Gasteiger partial charge in [0.2, 0.25) is 5.91 Å². The second-order valence-corrected chi connectivity index (χ2v) is 6.30. The maximum atomic E-state index is 12.0. The van der Waals surface area contributed by atoms with E-state index in [0.717, 1.165) is 11.1 Å². The van der Waals surface area contributed by atoms with Crippen molar-refractivity contribution in [1.29, 1.82) is 0 Å². The molecule has 0 aromatic heterocycles. The van der Waals surface area contributed by atoms with E-state index in [9.17, 15) is 9.59 Å². The van der Waals surface area contributed by atoms with Crippen molar-refractivity contribution in [1.82, 2.24) is 4.90 Å². The lowest BCUT2D eigenvalue weighted by Crippen LogP contribution is -2.37. The minimum absolute atomic E-state index is 0.0647. The first-order valence-corrected chi connectivity index (χ1v) is 6.86. The molecule has 1 atom stereocenters. The molecule has 0 spiro atoms. The van der Waals surface area contributed by atoms with Crippen molar-refractivity contribution >= 4 is 12.0 Å². The molecule has 1 aromatic carbocycles. The number of ether oxygens (including phenoxy) is 1. The standard InChI is InChI=1S/C16H21NO3/c1-11-6-5-7-12(8-11)13-9-14(18)17(10-13)15(19)20-16(2,3)4/h5-8,13H,9-10H2,1-4H3/t13-/m0/s1. The number of aryl methyl sites for hydroxylation is 1. The lowest BCUT2D eigenvalue weighted by molar-refractivity contribution is -0.126. The third-order valence-electron chi connectivity index (χ3n) is 3.25. The molecule has 0 aliphatic carbocycles. The van der Waals surface area contributed by atoms with Crippen LogP contribution in [0.3, 0.4) is 0 Å². The highest BCUT2D eigenvalue weighted by atomic mass is 16.6. The van der Waals surface area contributed by atoms with Crippen LogP contribution in [0.2, 0.25) is 0 Å². The van der Waals surface area contributed by atoms with Crippen molar-refractivity contribution in [2.24, 2.45) is 0 Å². The van der Waals surface area contributed by atoms with Crippen LogP contribution in [0.25, 0.3) is 0 Å². The SMILES string of the molecule is Cc1cccc([C@H]2CC(=O)N(C(=O)OC(C)(C)C)C2)c1. The molecule has 0 unspecified atom stereocenters. The van der Waals surface area contributed by atoms with Gasteiger partial charge in [0, 0.05) is 18.9 Å². The Morgan fingerprint density at radius 2 is 2.05 bits per heavy atom. The van der Waals surface area contributed by atoms with Gasteiger partial charge in [0.25, 0.3) is 0 Å². The van der Waals surface area contributed by atoms with Crippen molar-refractivity contribution in [2.45, 2.75) is 45.6 Å². The molecule has 1 aliphatic heterocycles. The zero-order valence-electron chi connectivity index (χ0n) is 12.5. The van der Waals surface area contributed by atoms with Gasteiger partial charge in [-0.05, 0) is 33.3 Å². The van der Waals surface area contributed by atoms with Crippen molar-refractivity contribution in [3.05, 3.63) is 35.4 Å². The van der Waals surface area contributed by atoms with E-state index in [-0.39, 0.29) is 11.8 Å². The van der Waals surface area contributed by atoms with Crippen LogP contribution in [0.5, 0.6) is 0 Å². The number of carbonyl (C=O) groups excluding carboxylic acids is 2. The Morgan fingerprint density at radius 1 is 1.35 bits per heavy atom. The molecule has 108 valence electrons. The summed E-state index contributed by atoms with van der Waals surface area (Å²) < 4.78 is 5.27. The highest BCUT2D eigenvalue weighted by molar-refractivity contribution is 5.94. The lowest BCUT2D eigenvalue weighted by atomic mass is 9.97. The third-order valence-corrected chi connectivity index (χ3v) is 3.25. The number of carbonyl (C=O) groups is 2. The molecular weight excluding hydrogens is 254 g/mol. The Kier molecular flexibility index (Phi) is 3.84. The fraction of sp³-hybridized carbons (Fsp3) is 0.500. The number of amides is 2. The molecule has 4 nitrogen and oxygen atoms in total. The van der Waals surface area contributed by atoms with Gasteiger partial charge in [0.1, 0.15) is 5.60 Å². The number of hydrogen-bond acceptors (Lipinski definition) is 3. The first-order valence-electron chi connectivity index (χ1n) is 6.86. The molecule has 0 N–H and O–H groups in total. The predicted molar refractivity (Wildman–Crippen MR) is 76.5 cm³/mol. The van der Waals surface area contributed by atoms with Gasteiger partial charge in [-0.2, -0.15) is 0 Å². The van der Waals surface area contributed by atoms with Crippen molar-refractivity contribution in [3.8, 4) is 0 Å². The number of benzene rings is 1. The highest BCUT2D eigenvalue weighted by Gasteiger charge is 2.37. The number of likely N-dealkylation sites (tertiary alicyclic amines) is 1. The van der Waals surface area contributed by atoms with E-state index in [1.54, 1.807) is 20.8 Å². The zero-order chi connectivity index (χ0) is 14.9. The molecule has 1 heterocycles. The van der Waals surface area contributed by atoms with Crippen LogP contribution in [0.15, 0.2) is 24.3 Å². The maximum Gasteiger partial charge on any atom is 0.417 e. The van der Waals surface area contributed by atoms with Crippen LogP contribution in [0.1, 0.15) is 44.2 Å². The van der Waals surface area contributed by atoms with Gasteiger partial charge in [-0.1, -0.05) is 29.8 Å². The van der Waals surface area contributed by atoms with Gasteiger partial charge in [0.15, 0.2) is 0 Å². The molecule has 0 radical (unpaired) electrons. The predicted octanol–water partition coefficient (Wildman–Crippen LogP) is 3.25. The van der Waals surface area contributed by atoms with E-state index >= 15 is 0 Å². The van der Waals surface area contributed by atoms with E-state index in [1.165, 1.54) is 4.90 Å². The zero-order valence-corrected chi connectivity index (χ0v) is 12.5. The average Bonchev–Trinajstić information content (AvgIpc) is 2.69. The Balaban J connectivity index is 2.09. The third kappa shape index (κ3) is 3.38. The highest BCUT2D eigenvalue weighted by Crippen LogP contribution is 2.29. The summed E-state index contributed by atoms with van der Waals surface area (Å²) in [5, 5.41) is 0. The second kappa shape index (κ2) is 5.27. The van der Waals surface area contributed by atoms with Crippen LogP contribution in [0, 0.1) is 6.92 Å². The minimum Gasteiger partial charge on any atom is -0.443 e. The Labute approximate surface area is 119 Å². The molecule has 1 fully saturated rings. The number of imide groups is 1. The van der Waals surface area contributed by atoms with Gasteiger partial charge < -0.3 is 4.74 Å². The van der Waals surface area contributed by atoms with Gasteiger partial charge in [-0.15, -0.1) is 0 Å². The summed E-state index contributed by atoms with van der Waals surface area (Å²) in [6, 6.07) is 8.07. The smallest absolute Gasteiger partial charge is 0.417 e. The Morgan fingerprint density at radius 3 is 2.65 bits per heavy atom. The lowest BCUT2D eigenvalue weighted by Gasteiger charge is -2.23. The normalized spacial score (nSPS) is 19.3. The molecule has 4 heteroatoms. The van der Waals surface area contributed by atoms with Crippen LogP contribution in [-0.2, 0) is 9.53 Å². The monoisotopic (exact) mass is 275 g/mol. The van der Waals surface area contributed by atoms with Gasteiger partial charge in [0.05, 0.1) is 0 Å². The maximum absolute atomic E-state index is 12.0. The number of hydrogen-bond donors (Lipinski definition) is 0. The van der Waals surface area contributed by atoms with E-state index in [0.29, 0.717) is 13.0 Å². The molecule has 1 aliphatic rings. The molecule has 1 aromatic rings. The van der Waals surface area contributed by atoms with Crippen molar-refractivity contribution in [3.63, 3.8) is 0 Å². The average molecular weight is 275 g/mol. The van der Waals surface area contributed by atoms with Crippen LogP contribution in [0.4, 0.5) is 4.79 Å². The van der Waals surface area contributed by atoms with Crippen LogP contribution in [-0.4, -0.2) is 29.0 Å². The van der Waals surface area contributed by atoms with Crippen LogP contribution < -0.4 is 0 Å². The number of nitrogens with zero attached hydrogens (tertiary/aromatic N) is 1. The molecule has 0 saturated carbocycles. The Bertz CT molecular complexity index is 531. The summed E-state index contributed by atoms with van der Waals surface area (Å²) in [5.74, 6) is -0.0966. The fourth-order valence-electron chi connectivity index (χ4n) is 2.35. The quantitative estimate of drug-likeness (QED) is 0.790. The molecule has 0 bridgehead atoms. The van der Waals surface area contributed by atoms with Crippen molar-refractivity contribution in [2.75, 3.05) is 6.54 Å². The molecule has 2 rings (SSSR count). The summed E-state index contributed by atoms with van der Waals surface area (Å²) in [6.07, 6.45) is -0.180. The number of rotatable bonds is 1. The summed E-state index contributed by atoms with van der Waals surface area (Å²) in [5.41, 5.74) is 1.67. The fourth-order valence-corrected chi connectivity index (χ4v) is 2.35. The van der Waals surface area contributed by atoms with Crippen molar-refractivity contribution < 1.29 is 14.3 Å². The first-order chi connectivity index (χ1) is 9.26. The van der Waals surface area contributed by atoms with E-state index in [1.807, 2.05) is 25.1 Å². The summed E-state index contributed by atoms with van der Waals surface area (Å²) in [6.45, 7) is 7.81. The summed E-state index contributed by atoms with van der Waals surface area (Å²) in [4.78, 5) is 25.2. The first kappa shape index (κ1) is 14.6. The van der Waals surface area contributed by atoms with Gasteiger partial charge in [-0.25, -0.2) is 9.69 Å². The Hall–Kier alpha value is -1.84. The van der Waals surface area contributed by atoms with Gasteiger partial charge in [-0.3, -0.25) is 4.79 Å². The summed E-state index contributed by atoms with van der Waals surface area (Å²) >= 11 is 0. The van der Waals surface area contributed by atoms with E-state index in [2.05, 4.69) is 6.07 Å². The van der Waals surface area contributed by atoms with E-state index < -0.39 is 11.7 Å². The van der Waals surface area contributed by atoms with Gasteiger partial charge >= 0.3 is 6.09 Å². The molecular formula is C16H21NO3. The molecule has 2 amide bonds. The summed E-state index contributed by atoms with van der Waals surface area (Å²) in [7, 11) is 0. The van der Waals surface area contributed by atoms with E-state index in [4.69, 9.17) is 4.74 Å².